The summed E-state index contributed by atoms with van der Waals surface area (Å²) in [7, 11) is 0. The monoisotopic (exact) mass is 375 g/mol. The Labute approximate surface area is 143 Å². The average Bonchev–Trinajstić information content (AvgIpc) is 2.96. The van der Waals surface area contributed by atoms with Crippen molar-refractivity contribution in [1.82, 2.24) is 9.55 Å². The summed E-state index contributed by atoms with van der Waals surface area (Å²) in [4.78, 5) is 14.1. The van der Waals surface area contributed by atoms with Crippen molar-refractivity contribution in [2.45, 2.75) is 30.8 Å². The number of imidazole rings is 1. The minimum Gasteiger partial charge on any atom is -0.406 e. The molecule has 0 N–H and O–H groups in total. The lowest BCUT2D eigenvalue weighted by atomic mass is 10.2. The van der Waals surface area contributed by atoms with Crippen LogP contribution in [0.4, 0.5) is 19.0 Å². The minimum absolute atomic E-state index is 0.183. The van der Waals surface area contributed by atoms with E-state index in [1.807, 2.05) is 0 Å². The van der Waals surface area contributed by atoms with E-state index in [4.69, 9.17) is 4.74 Å². The maximum atomic E-state index is 12.1. The molecule has 1 atom stereocenters. The van der Waals surface area contributed by atoms with Gasteiger partial charge in [-0.2, -0.15) is 0 Å². The number of nitrogens with zero attached hydrogens (tertiary/aromatic N) is 3. The number of benzene rings is 1. The number of hydrogen-bond acceptors (Lipinski definition) is 6. The molecule has 134 valence electrons. The summed E-state index contributed by atoms with van der Waals surface area (Å²) in [6.45, 7) is 0.641. The highest BCUT2D eigenvalue weighted by Gasteiger charge is 2.31. The average molecular weight is 375 g/mol. The molecule has 11 heteroatoms. The number of nitro groups is 1. The molecule has 2 heterocycles. The molecule has 0 unspecified atom stereocenters. The van der Waals surface area contributed by atoms with Crippen molar-refractivity contribution in [3.8, 4) is 5.75 Å². The zero-order chi connectivity index (χ0) is 18.0. The first-order chi connectivity index (χ1) is 11.8. The van der Waals surface area contributed by atoms with Gasteiger partial charge >= 0.3 is 12.2 Å². The smallest absolute Gasteiger partial charge is 0.406 e. The van der Waals surface area contributed by atoms with Gasteiger partial charge in [-0.15, -0.1) is 13.2 Å². The third kappa shape index (κ3) is 4.63. The number of thioether (sulfide) groups is 1. The van der Waals surface area contributed by atoms with E-state index in [2.05, 4.69) is 9.72 Å². The highest BCUT2D eigenvalue weighted by molar-refractivity contribution is 7.99. The molecule has 2 aromatic rings. The van der Waals surface area contributed by atoms with Gasteiger partial charge in [-0.1, -0.05) is 23.9 Å². The summed E-state index contributed by atoms with van der Waals surface area (Å²) >= 11 is 1.36. The van der Waals surface area contributed by atoms with Crippen LogP contribution in [0, 0.1) is 10.1 Å². The van der Waals surface area contributed by atoms with Crippen LogP contribution in [0.5, 0.6) is 5.75 Å². The summed E-state index contributed by atoms with van der Waals surface area (Å²) in [6.07, 6.45) is -3.54. The van der Waals surface area contributed by atoms with Crippen LogP contribution >= 0.6 is 11.8 Å². The standard InChI is InChI=1S/C14H12F3N3O4S/c15-14(16,17)24-10-3-1-9(2-4-10)7-23-11-5-19-6-12(20(21)22)18-13(19)25-8-11/h1-4,6,11H,5,7-8H2/t11-/m1/s1. The first kappa shape index (κ1) is 17.5. The number of rotatable bonds is 5. The zero-order valence-corrected chi connectivity index (χ0v) is 13.4. The van der Waals surface area contributed by atoms with Crippen LogP contribution in [0.15, 0.2) is 35.6 Å². The fraction of sp³-hybridized carbons (Fsp3) is 0.357. The molecule has 1 aliphatic heterocycles. The molecule has 0 amide bonds. The lowest BCUT2D eigenvalue weighted by molar-refractivity contribution is -0.389. The van der Waals surface area contributed by atoms with E-state index in [1.54, 1.807) is 4.57 Å². The van der Waals surface area contributed by atoms with E-state index in [0.29, 0.717) is 23.0 Å². The fourth-order valence-corrected chi connectivity index (χ4v) is 3.25. The summed E-state index contributed by atoms with van der Waals surface area (Å²) < 4.78 is 47.5. The molecule has 1 aromatic heterocycles. The molecule has 0 radical (unpaired) electrons. The van der Waals surface area contributed by atoms with Gasteiger partial charge in [0.2, 0.25) is 0 Å². The second-order valence-corrected chi connectivity index (χ2v) is 6.21. The number of halogens is 3. The Hall–Kier alpha value is -2.27. The lowest BCUT2D eigenvalue weighted by Crippen LogP contribution is -2.26. The molecule has 1 aromatic carbocycles. The van der Waals surface area contributed by atoms with Gasteiger partial charge in [0, 0.05) is 5.75 Å². The van der Waals surface area contributed by atoms with Crippen LogP contribution in [-0.4, -0.2) is 32.7 Å². The van der Waals surface area contributed by atoms with Crippen LogP contribution in [0.25, 0.3) is 0 Å². The van der Waals surface area contributed by atoms with Crippen LogP contribution in [-0.2, 0) is 17.9 Å². The normalized spacial score (nSPS) is 17.2. The van der Waals surface area contributed by atoms with E-state index >= 15 is 0 Å². The Kier molecular flexibility index (Phi) is 4.86. The van der Waals surface area contributed by atoms with Gasteiger partial charge in [0.25, 0.3) is 5.16 Å². The van der Waals surface area contributed by atoms with Gasteiger partial charge < -0.3 is 19.6 Å². The topological polar surface area (TPSA) is 79.4 Å². The first-order valence-corrected chi connectivity index (χ1v) is 8.09. The third-order valence-electron chi connectivity index (χ3n) is 3.36. The van der Waals surface area contributed by atoms with Crippen molar-refractivity contribution >= 4 is 17.6 Å². The second-order valence-electron chi connectivity index (χ2n) is 5.23. The highest BCUT2D eigenvalue weighted by Crippen LogP contribution is 2.28. The zero-order valence-electron chi connectivity index (χ0n) is 12.6. The van der Waals surface area contributed by atoms with Crippen molar-refractivity contribution < 1.29 is 27.6 Å². The van der Waals surface area contributed by atoms with E-state index in [1.165, 1.54) is 42.2 Å². The molecular formula is C14H12F3N3O4S. The van der Waals surface area contributed by atoms with Crippen molar-refractivity contribution in [2.75, 3.05) is 5.75 Å². The van der Waals surface area contributed by atoms with Crippen LogP contribution < -0.4 is 4.74 Å². The summed E-state index contributed by atoms with van der Waals surface area (Å²) in [5.41, 5.74) is 0.696. The molecular weight excluding hydrogens is 363 g/mol. The Morgan fingerprint density at radius 2 is 2.08 bits per heavy atom. The molecule has 0 fully saturated rings. The van der Waals surface area contributed by atoms with E-state index in [0.717, 1.165) is 0 Å². The molecule has 0 aliphatic carbocycles. The van der Waals surface area contributed by atoms with Crippen molar-refractivity contribution in [2.24, 2.45) is 0 Å². The molecule has 0 bridgehead atoms. The Morgan fingerprint density at radius 3 is 2.72 bits per heavy atom. The molecule has 0 saturated carbocycles. The summed E-state index contributed by atoms with van der Waals surface area (Å²) in [5, 5.41) is 11.3. The number of ether oxygens (including phenoxy) is 2. The fourth-order valence-electron chi connectivity index (χ4n) is 2.26. The van der Waals surface area contributed by atoms with Crippen molar-refractivity contribution in [3.63, 3.8) is 0 Å². The van der Waals surface area contributed by atoms with Gasteiger partial charge in [0.05, 0.1) is 19.3 Å². The molecule has 25 heavy (non-hydrogen) atoms. The largest absolute Gasteiger partial charge is 0.573 e. The number of aromatic nitrogens is 2. The first-order valence-electron chi connectivity index (χ1n) is 7.11. The molecule has 1 aliphatic rings. The predicted octanol–water partition coefficient (Wildman–Crippen LogP) is 3.38. The number of hydrogen-bond donors (Lipinski definition) is 0. The number of fused-ring (bicyclic) bond motifs is 1. The highest BCUT2D eigenvalue weighted by atomic mass is 32.2. The van der Waals surface area contributed by atoms with Gasteiger partial charge in [0.15, 0.2) is 0 Å². The maximum absolute atomic E-state index is 12.1. The van der Waals surface area contributed by atoms with Gasteiger partial charge in [0.1, 0.15) is 11.9 Å². The summed E-state index contributed by atoms with van der Waals surface area (Å²) in [6, 6.07) is 5.42. The van der Waals surface area contributed by atoms with Crippen LogP contribution in [0.3, 0.4) is 0 Å². The Bertz CT molecular complexity index is 764. The van der Waals surface area contributed by atoms with Crippen LogP contribution in [0.2, 0.25) is 0 Å². The summed E-state index contributed by atoms with van der Waals surface area (Å²) in [5.74, 6) is 0.0897. The number of alkyl halides is 3. The van der Waals surface area contributed by atoms with E-state index in [9.17, 15) is 23.3 Å². The molecule has 0 saturated heterocycles. The molecule has 3 rings (SSSR count). The van der Waals surface area contributed by atoms with Gasteiger partial charge in [-0.05, 0) is 27.6 Å². The maximum Gasteiger partial charge on any atom is 0.573 e. The van der Waals surface area contributed by atoms with E-state index in [-0.39, 0.29) is 24.3 Å². The van der Waals surface area contributed by atoms with Gasteiger partial charge in [-0.25, -0.2) is 0 Å². The third-order valence-corrected chi connectivity index (χ3v) is 4.48. The van der Waals surface area contributed by atoms with Crippen LogP contribution in [0.1, 0.15) is 5.56 Å². The molecule has 7 nitrogen and oxygen atoms in total. The SMILES string of the molecule is O=[N+]([O-])c1cn2c(n1)SC[C@H](OCc1ccc(OC(F)(F)F)cc1)C2. The Morgan fingerprint density at radius 1 is 1.36 bits per heavy atom. The van der Waals surface area contributed by atoms with E-state index < -0.39 is 11.3 Å². The van der Waals surface area contributed by atoms with Crippen molar-refractivity contribution in [3.05, 3.63) is 46.1 Å². The van der Waals surface area contributed by atoms with Crippen molar-refractivity contribution in [1.29, 1.82) is 0 Å². The molecule has 0 spiro atoms. The quantitative estimate of drug-likeness (QED) is 0.589. The second kappa shape index (κ2) is 6.92. The predicted molar refractivity (Wildman–Crippen MR) is 81.3 cm³/mol. The lowest BCUT2D eigenvalue weighted by Gasteiger charge is -2.21. The Balaban J connectivity index is 1.54. The van der Waals surface area contributed by atoms with Gasteiger partial charge in [-0.3, -0.25) is 4.57 Å². The minimum atomic E-state index is -4.72.